The Balaban J connectivity index is 1.21. The highest BCUT2D eigenvalue weighted by Crippen LogP contribution is 2.56. The Morgan fingerprint density at radius 1 is 0.875 bits per heavy atom. The van der Waals surface area contributed by atoms with Gasteiger partial charge in [0.25, 0.3) is 0 Å². The summed E-state index contributed by atoms with van der Waals surface area (Å²) < 4.78 is 10.8. The molecular formula is C40H35NO7. The van der Waals surface area contributed by atoms with Gasteiger partial charge in [-0.15, -0.1) is 0 Å². The Hall–Kier alpha value is -5.50. The van der Waals surface area contributed by atoms with Gasteiger partial charge in [-0.05, 0) is 80.1 Å². The van der Waals surface area contributed by atoms with Gasteiger partial charge in [-0.3, -0.25) is 24.1 Å². The molecule has 1 aliphatic heterocycles. The molecule has 0 spiro atoms. The summed E-state index contributed by atoms with van der Waals surface area (Å²) in [7, 11) is 3.21. The number of aryl methyl sites for hydroxylation is 1. The van der Waals surface area contributed by atoms with Crippen LogP contribution in [0, 0.1) is 24.7 Å². The quantitative estimate of drug-likeness (QED) is 0.141. The van der Waals surface area contributed by atoms with Gasteiger partial charge in [0.05, 0.1) is 31.7 Å². The van der Waals surface area contributed by atoms with Gasteiger partial charge < -0.3 is 14.6 Å². The molecule has 8 nitrogen and oxygen atoms in total. The predicted molar refractivity (Wildman–Crippen MR) is 182 cm³/mol. The van der Waals surface area contributed by atoms with E-state index in [1.165, 1.54) is 11.0 Å². The first-order valence-electron chi connectivity index (χ1n) is 16.0. The van der Waals surface area contributed by atoms with Crippen LogP contribution in [-0.2, 0) is 19.2 Å². The van der Waals surface area contributed by atoms with Gasteiger partial charge in [-0.1, -0.05) is 54.1 Å². The number of carbonyl (C=O) groups excluding carboxylic acids is 4. The first kappa shape index (κ1) is 31.1. The first-order chi connectivity index (χ1) is 23.1. The average molecular weight is 642 g/mol. The largest absolute Gasteiger partial charge is 0.507 e. The number of allylic oxidation sites excluding steroid dienone is 6. The van der Waals surface area contributed by atoms with Gasteiger partial charge in [0.1, 0.15) is 17.2 Å². The molecule has 4 aliphatic rings. The monoisotopic (exact) mass is 641 g/mol. The Bertz CT molecular complexity index is 2030. The molecule has 0 bridgehead atoms. The van der Waals surface area contributed by atoms with E-state index in [0.717, 1.165) is 16.7 Å². The van der Waals surface area contributed by atoms with E-state index in [9.17, 15) is 24.3 Å². The number of phenols is 1. The number of anilines is 1. The van der Waals surface area contributed by atoms with E-state index >= 15 is 0 Å². The molecule has 1 saturated heterocycles. The Morgan fingerprint density at radius 2 is 1.65 bits per heavy atom. The Kier molecular flexibility index (Phi) is 7.74. The first-order valence-corrected chi connectivity index (χ1v) is 16.0. The van der Waals surface area contributed by atoms with Gasteiger partial charge in [0.2, 0.25) is 11.8 Å². The highest BCUT2D eigenvalue weighted by atomic mass is 16.5. The smallest absolute Gasteiger partial charge is 0.238 e. The van der Waals surface area contributed by atoms with Crippen molar-refractivity contribution in [3.63, 3.8) is 0 Å². The van der Waals surface area contributed by atoms with E-state index in [4.69, 9.17) is 9.47 Å². The second kappa shape index (κ2) is 11.9. The fourth-order valence-electron chi connectivity index (χ4n) is 7.78. The van der Waals surface area contributed by atoms with E-state index in [1.54, 1.807) is 52.3 Å². The van der Waals surface area contributed by atoms with Gasteiger partial charge >= 0.3 is 0 Å². The summed E-state index contributed by atoms with van der Waals surface area (Å²) in [6.07, 6.45) is 7.65. The van der Waals surface area contributed by atoms with E-state index < -0.39 is 23.7 Å². The lowest BCUT2D eigenvalue weighted by Gasteiger charge is -2.42. The second-order valence-electron chi connectivity index (χ2n) is 12.8. The number of ketones is 2. The SMILES string of the molecule is COc1ccc(OC)c(C=Cc2ccc(N3C(=O)[C@H]4[C@H](CC=C5[C@H](c6cccc(C)c6O)C6=C(C[C@H]54)C(=O)C=C(C)C6=O)C3=O)cc2)c1. The van der Waals surface area contributed by atoms with Crippen molar-refractivity contribution in [2.24, 2.45) is 17.8 Å². The number of ether oxygens (including phenoxy) is 2. The van der Waals surface area contributed by atoms with Crippen molar-refractivity contribution in [2.75, 3.05) is 19.1 Å². The zero-order chi connectivity index (χ0) is 33.9. The molecule has 1 heterocycles. The van der Waals surface area contributed by atoms with E-state index in [1.807, 2.05) is 54.6 Å². The third kappa shape index (κ3) is 4.91. The van der Waals surface area contributed by atoms with Crippen LogP contribution in [-0.4, -0.2) is 42.7 Å². The van der Waals surface area contributed by atoms with Crippen LogP contribution < -0.4 is 14.4 Å². The number of Topliss-reactive ketones (excluding diaryl/α,β-unsaturated/α-hetero) is 1. The number of imide groups is 1. The molecule has 8 heteroatoms. The Labute approximate surface area is 278 Å². The van der Waals surface area contributed by atoms with Crippen molar-refractivity contribution in [2.45, 2.75) is 32.6 Å². The molecule has 3 aromatic carbocycles. The lowest BCUT2D eigenvalue weighted by molar-refractivity contribution is -0.123. The van der Waals surface area contributed by atoms with Crippen LogP contribution in [0.15, 0.2) is 95.1 Å². The fourth-order valence-corrected chi connectivity index (χ4v) is 7.78. The molecule has 3 aromatic rings. The molecule has 0 saturated carbocycles. The number of carbonyl (C=O) groups is 4. The van der Waals surface area contributed by atoms with Crippen LogP contribution in [0.5, 0.6) is 17.2 Å². The average Bonchev–Trinajstić information content (AvgIpc) is 3.35. The van der Waals surface area contributed by atoms with Gasteiger partial charge in [0.15, 0.2) is 11.6 Å². The molecule has 0 unspecified atom stereocenters. The van der Waals surface area contributed by atoms with Crippen molar-refractivity contribution in [1.29, 1.82) is 0 Å². The number of phenolic OH excluding ortho intramolecular Hbond substituents is 1. The van der Waals surface area contributed by atoms with Crippen molar-refractivity contribution in [3.8, 4) is 17.2 Å². The summed E-state index contributed by atoms with van der Waals surface area (Å²) in [5, 5.41) is 11.2. The maximum atomic E-state index is 14.3. The highest BCUT2D eigenvalue weighted by Gasteiger charge is 2.56. The molecule has 48 heavy (non-hydrogen) atoms. The second-order valence-corrected chi connectivity index (χ2v) is 12.8. The molecule has 2 amide bonds. The minimum atomic E-state index is -0.698. The molecule has 242 valence electrons. The number of rotatable bonds is 6. The maximum absolute atomic E-state index is 14.3. The van der Waals surface area contributed by atoms with Crippen LogP contribution in [0.2, 0.25) is 0 Å². The molecule has 0 aromatic heterocycles. The number of methoxy groups -OCH3 is 2. The highest BCUT2D eigenvalue weighted by molar-refractivity contribution is 6.25. The van der Waals surface area contributed by atoms with E-state index in [2.05, 4.69) is 0 Å². The standard InChI is InChI=1S/C40H35NO7/c1-21-6-5-7-28(37(21)43)34-27-15-16-29-35(30(27)20-31-32(42)18-22(2)38(44)36(31)34)40(46)41(39(29)45)25-12-9-23(10-13-25)8-11-24-19-26(47-3)14-17-33(24)48-4/h5-15,17-19,29-30,34-35,43H,16,20H2,1-4H3/t29-,30+,34+,35-/m0/s1. The summed E-state index contributed by atoms with van der Waals surface area (Å²) >= 11 is 0. The van der Waals surface area contributed by atoms with Gasteiger partial charge in [0, 0.05) is 33.8 Å². The fraction of sp³-hybridized carbons (Fsp3) is 0.250. The number of hydrogen-bond acceptors (Lipinski definition) is 7. The lowest BCUT2D eigenvalue weighted by Crippen LogP contribution is -2.39. The Morgan fingerprint density at radius 3 is 2.38 bits per heavy atom. The van der Waals surface area contributed by atoms with Crippen LogP contribution in [0.3, 0.4) is 0 Å². The summed E-state index contributed by atoms with van der Waals surface area (Å²) in [5.41, 5.74) is 5.23. The number of nitrogens with zero attached hydrogens (tertiary/aromatic N) is 1. The summed E-state index contributed by atoms with van der Waals surface area (Å²) in [6.45, 7) is 3.41. The third-order valence-corrected chi connectivity index (χ3v) is 10.2. The van der Waals surface area contributed by atoms with E-state index in [0.29, 0.717) is 51.5 Å². The number of fused-ring (bicyclic) bond motifs is 3. The maximum Gasteiger partial charge on any atom is 0.238 e. The summed E-state index contributed by atoms with van der Waals surface area (Å²) in [4.78, 5) is 56.5. The molecule has 1 fully saturated rings. The molecule has 1 N–H and O–H groups in total. The van der Waals surface area contributed by atoms with Gasteiger partial charge in [-0.25, -0.2) is 0 Å². The minimum Gasteiger partial charge on any atom is -0.507 e. The van der Waals surface area contributed by atoms with Crippen LogP contribution in [0.1, 0.15) is 47.9 Å². The predicted octanol–water partition coefficient (Wildman–Crippen LogP) is 6.52. The van der Waals surface area contributed by atoms with Crippen LogP contribution in [0.4, 0.5) is 5.69 Å². The van der Waals surface area contributed by atoms with Crippen LogP contribution >= 0.6 is 0 Å². The topological polar surface area (TPSA) is 110 Å². The molecule has 4 atom stereocenters. The zero-order valence-electron chi connectivity index (χ0n) is 27.2. The molecule has 7 rings (SSSR count). The normalized spacial score (nSPS) is 23.5. The number of para-hydroxylation sites is 1. The van der Waals surface area contributed by atoms with Crippen molar-refractivity contribution < 1.29 is 33.8 Å². The van der Waals surface area contributed by atoms with Crippen molar-refractivity contribution in [3.05, 3.63) is 117 Å². The number of benzene rings is 3. The van der Waals surface area contributed by atoms with Gasteiger partial charge in [-0.2, -0.15) is 0 Å². The number of aromatic hydroxyl groups is 1. The molecular weight excluding hydrogens is 606 g/mol. The minimum absolute atomic E-state index is 0.0555. The van der Waals surface area contributed by atoms with Crippen molar-refractivity contribution in [1.82, 2.24) is 0 Å². The van der Waals surface area contributed by atoms with Crippen molar-refractivity contribution >= 4 is 41.2 Å². The zero-order valence-corrected chi connectivity index (χ0v) is 27.2. The lowest BCUT2D eigenvalue weighted by atomic mass is 9.59. The summed E-state index contributed by atoms with van der Waals surface area (Å²) in [5.74, 6) is -2.08. The summed E-state index contributed by atoms with van der Waals surface area (Å²) in [6, 6.07) is 18.1. The molecule has 3 aliphatic carbocycles. The van der Waals surface area contributed by atoms with E-state index in [-0.39, 0.29) is 35.6 Å². The molecule has 0 radical (unpaired) electrons. The third-order valence-electron chi connectivity index (χ3n) is 10.2. The number of amides is 2. The number of hydrogen-bond donors (Lipinski definition) is 1. The van der Waals surface area contributed by atoms with Crippen LogP contribution in [0.25, 0.3) is 12.2 Å².